The number of carbonyl (C=O) groups is 5. The highest BCUT2D eigenvalue weighted by Gasteiger charge is 2.33. The Balaban J connectivity index is 1.10. The second kappa shape index (κ2) is 26.2. The molecule has 382 valence electrons. The zero-order valence-electron chi connectivity index (χ0n) is 41.0. The number of benzene rings is 4. The van der Waals surface area contributed by atoms with Crippen LogP contribution in [0.5, 0.6) is 5.75 Å². The number of guanidine groups is 1. The number of fused-ring (bicyclic) bond motifs is 1. The summed E-state index contributed by atoms with van der Waals surface area (Å²) in [7, 11) is 1.57. The van der Waals surface area contributed by atoms with Crippen LogP contribution in [0.3, 0.4) is 0 Å². The molecule has 12 N–H and O–H groups in total. The summed E-state index contributed by atoms with van der Waals surface area (Å²) < 4.78 is 11.0. The molecule has 1 aliphatic heterocycles. The quantitative estimate of drug-likeness (QED) is 0.0255. The van der Waals surface area contributed by atoms with E-state index < -0.39 is 41.8 Å². The summed E-state index contributed by atoms with van der Waals surface area (Å²) in [4.78, 5) is 76.2. The molecule has 2 fully saturated rings. The number of nitrogens with zero attached hydrogens (tertiary/aromatic N) is 1. The van der Waals surface area contributed by atoms with Gasteiger partial charge in [-0.25, -0.2) is 0 Å². The van der Waals surface area contributed by atoms with Gasteiger partial charge in [-0.1, -0.05) is 73.2 Å². The van der Waals surface area contributed by atoms with Crippen molar-refractivity contribution in [2.24, 2.45) is 17.4 Å². The number of methoxy groups -OCH3 is 1. The zero-order valence-corrected chi connectivity index (χ0v) is 41.0. The fourth-order valence-corrected chi connectivity index (χ4v) is 9.26. The zero-order chi connectivity index (χ0) is 50.8. The monoisotopic (exact) mass is 984 g/mol. The molecule has 72 heavy (non-hydrogen) atoms. The van der Waals surface area contributed by atoms with E-state index in [2.05, 4.69) is 41.8 Å². The van der Waals surface area contributed by atoms with Crippen molar-refractivity contribution < 1.29 is 33.4 Å². The minimum atomic E-state index is -1.21. The molecule has 1 saturated heterocycles. The predicted molar refractivity (Wildman–Crippen MR) is 278 cm³/mol. The average molecular weight is 984 g/mol. The second-order valence-electron chi connectivity index (χ2n) is 18.7. The molecular formula is C54H69N11O7. The van der Waals surface area contributed by atoms with Crippen LogP contribution in [0.2, 0.25) is 0 Å². The highest BCUT2D eigenvalue weighted by atomic mass is 16.5. The molecule has 5 unspecified atom stereocenters. The Morgan fingerprint density at radius 3 is 2.19 bits per heavy atom. The van der Waals surface area contributed by atoms with Crippen molar-refractivity contribution in [2.45, 2.75) is 88.5 Å². The molecule has 0 radical (unpaired) electrons. The van der Waals surface area contributed by atoms with Crippen LogP contribution >= 0.6 is 0 Å². The van der Waals surface area contributed by atoms with Gasteiger partial charge in [0.25, 0.3) is 0 Å². The summed E-state index contributed by atoms with van der Waals surface area (Å²) >= 11 is 0. The maximum absolute atomic E-state index is 14.8. The van der Waals surface area contributed by atoms with Gasteiger partial charge in [0.15, 0.2) is 5.96 Å². The van der Waals surface area contributed by atoms with Crippen molar-refractivity contribution in [3.63, 3.8) is 0 Å². The molecular weight excluding hydrogens is 915 g/mol. The van der Waals surface area contributed by atoms with Crippen LogP contribution in [-0.4, -0.2) is 116 Å². The van der Waals surface area contributed by atoms with Crippen LogP contribution in [0.25, 0.3) is 22.0 Å². The highest BCUT2D eigenvalue weighted by molar-refractivity contribution is 5.98. The molecule has 5 atom stereocenters. The lowest BCUT2D eigenvalue weighted by Crippen LogP contribution is -2.58. The van der Waals surface area contributed by atoms with E-state index in [-0.39, 0.29) is 49.6 Å². The Labute approximate surface area is 420 Å². The number of H-pyrrole nitrogens is 1. The lowest BCUT2D eigenvalue weighted by Gasteiger charge is -2.29. The van der Waals surface area contributed by atoms with Crippen molar-refractivity contribution in [1.29, 1.82) is 5.41 Å². The molecule has 4 aromatic carbocycles. The van der Waals surface area contributed by atoms with Crippen LogP contribution < -0.4 is 48.1 Å². The molecule has 5 amide bonds. The number of hydrogen-bond donors (Lipinski definition) is 10. The van der Waals surface area contributed by atoms with Gasteiger partial charge in [0.2, 0.25) is 29.5 Å². The van der Waals surface area contributed by atoms with E-state index in [4.69, 9.17) is 26.4 Å². The predicted octanol–water partition coefficient (Wildman–Crippen LogP) is 3.84. The molecule has 1 aromatic heterocycles. The minimum absolute atomic E-state index is 0.0413. The van der Waals surface area contributed by atoms with E-state index in [1.165, 1.54) is 0 Å². The summed E-state index contributed by atoms with van der Waals surface area (Å²) in [6.45, 7) is 3.87. The Morgan fingerprint density at radius 2 is 1.49 bits per heavy atom. The average Bonchev–Trinajstić information content (AvgIpc) is 3.79. The highest BCUT2D eigenvalue weighted by Crippen LogP contribution is 2.27. The second-order valence-corrected chi connectivity index (χ2v) is 18.7. The lowest BCUT2D eigenvalue weighted by atomic mass is 9.85. The summed E-state index contributed by atoms with van der Waals surface area (Å²) in [6.07, 6.45) is 5.79. The molecule has 18 heteroatoms. The maximum Gasteiger partial charge on any atom is 0.243 e. The van der Waals surface area contributed by atoms with Crippen LogP contribution in [0.1, 0.15) is 61.6 Å². The summed E-state index contributed by atoms with van der Waals surface area (Å²) in [6, 6.07) is 27.1. The fraction of sp³-hybridized carbons (Fsp3) is 0.407. The number of aromatic amines is 1. The van der Waals surface area contributed by atoms with Gasteiger partial charge in [-0.15, -0.1) is 0 Å². The van der Waals surface area contributed by atoms with Crippen molar-refractivity contribution in [1.82, 2.24) is 36.5 Å². The minimum Gasteiger partial charge on any atom is -0.497 e. The fourth-order valence-electron chi connectivity index (χ4n) is 9.26. The number of nitrogens with two attached hydrogens (primary N) is 2. The summed E-state index contributed by atoms with van der Waals surface area (Å²) in [5.41, 5.74) is 17.7. The van der Waals surface area contributed by atoms with Gasteiger partial charge in [0.05, 0.1) is 26.9 Å². The Kier molecular flexibility index (Phi) is 19.2. The molecule has 0 bridgehead atoms. The normalized spacial score (nSPS) is 17.1. The lowest BCUT2D eigenvalue weighted by molar-refractivity contribution is -0.134. The van der Waals surface area contributed by atoms with Gasteiger partial charge in [-0.05, 0) is 96.7 Å². The first-order chi connectivity index (χ1) is 34.9. The third-order valence-corrected chi connectivity index (χ3v) is 13.3. The SMILES string of the molecule is COc1ccc2[nH]cc(CC(NC(=O)C3CCCC(N)C3)C(=O)NC(Cc3ccc(-c4ccccc4)cc3)C(=O)NC(CCCCNC(=N)N)C(=O)NCC(=O)Nc3ccc(CN4CCOCC4)cc3)c2c1. The van der Waals surface area contributed by atoms with E-state index in [1.54, 1.807) is 13.3 Å². The molecule has 0 spiro atoms. The standard InChI is InChI=1S/C54H69N11O7/c1-71-43-21-22-45-44(31-43)40(32-59-45)30-48(63-50(67)39-10-7-11-41(55)29-39)53(70)64-47(28-35-13-17-38(18-14-35)37-8-3-2-4-9-37)52(69)62-46(12-5-6-23-58-54(56)57)51(68)60-33-49(66)61-42-19-15-36(16-20-42)34-65-24-26-72-27-25-65/h2-4,8-9,13-22,31-32,39,41,46-48,59H,5-7,10-12,23-30,33-34,55H2,1H3,(H,60,68)(H,61,66)(H,62,69)(H,63,67)(H,64,70)(H4,56,57,58). The van der Waals surface area contributed by atoms with Gasteiger partial charge >= 0.3 is 0 Å². The number of ether oxygens (including phenoxy) is 2. The van der Waals surface area contributed by atoms with Crippen molar-refractivity contribution in [2.75, 3.05) is 51.8 Å². The van der Waals surface area contributed by atoms with E-state index in [0.717, 1.165) is 71.2 Å². The van der Waals surface area contributed by atoms with E-state index in [1.807, 2.05) is 97.1 Å². The number of rotatable bonds is 23. The number of nitrogens with one attached hydrogen (secondary N) is 8. The van der Waals surface area contributed by atoms with Crippen LogP contribution in [-0.2, 0) is 48.1 Å². The first kappa shape index (κ1) is 52.5. The smallest absolute Gasteiger partial charge is 0.243 e. The van der Waals surface area contributed by atoms with Gasteiger partial charge in [0.1, 0.15) is 23.9 Å². The maximum atomic E-state index is 14.8. The number of morpholine rings is 1. The number of carbonyl (C=O) groups excluding carboxylic acids is 5. The molecule has 1 saturated carbocycles. The van der Waals surface area contributed by atoms with Gasteiger partial charge in [-0.2, -0.15) is 0 Å². The van der Waals surface area contributed by atoms with E-state index in [9.17, 15) is 24.0 Å². The first-order valence-electron chi connectivity index (χ1n) is 24.9. The van der Waals surface area contributed by atoms with Gasteiger partial charge in [-0.3, -0.25) is 34.3 Å². The summed E-state index contributed by atoms with van der Waals surface area (Å²) in [5.74, 6) is -2.52. The molecule has 18 nitrogen and oxygen atoms in total. The van der Waals surface area contributed by atoms with Crippen molar-refractivity contribution >= 4 is 52.1 Å². The molecule has 2 heterocycles. The Morgan fingerprint density at radius 1 is 0.792 bits per heavy atom. The molecule has 7 rings (SSSR count). The molecule has 1 aliphatic carbocycles. The first-order valence-corrected chi connectivity index (χ1v) is 24.9. The number of anilines is 1. The van der Waals surface area contributed by atoms with Gasteiger partial charge < -0.3 is 57.8 Å². The van der Waals surface area contributed by atoms with Crippen molar-refractivity contribution in [3.8, 4) is 16.9 Å². The molecule has 5 aromatic rings. The number of aromatic nitrogens is 1. The van der Waals surface area contributed by atoms with Crippen LogP contribution in [0.15, 0.2) is 103 Å². The Bertz CT molecular complexity index is 2600. The van der Waals surface area contributed by atoms with Crippen LogP contribution in [0, 0.1) is 11.3 Å². The number of hydrogen-bond acceptors (Lipinski definition) is 10. The third-order valence-electron chi connectivity index (χ3n) is 13.3. The number of unbranched alkanes of at least 4 members (excludes halogenated alkanes) is 1. The summed E-state index contributed by atoms with van der Waals surface area (Å²) in [5, 5.41) is 25.5. The number of amides is 5. The van der Waals surface area contributed by atoms with E-state index in [0.29, 0.717) is 56.9 Å². The largest absolute Gasteiger partial charge is 0.497 e. The van der Waals surface area contributed by atoms with Crippen LogP contribution in [0.4, 0.5) is 5.69 Å². The Hall–Kier alpha value is -7.28. The van der Waals surface area contributed by atoms with Gasteiger partial charge in [0, 0.05) is 73.8 Å². The third kappa shape index (κ3) is 15.6. The van der Waals surface area contributed by atoms with E-state index >= 15 is 0 Å². The molecule has 2 aliphatic rings. The van der Waals surface area contributed by atoms with Crippen molar-refractivity contribution in [3.05, 3.63) is 120 Å². The topological polar surface area (TPSA) is 271 Å².